The van der Waals surface area contributed by atoms with Gasteiger partial charge in [-0.1, -0.05) is 24.3 Å². The number of morpholine rings is 1. The minimum atomic E-state index is 0.608. The number of methoxy groups -OCH3 is 1. The first-order chi connectivity index (χ1) is 12.3. The highest BCUT2D eigenvalue weighted by Gasteiger charge is 2.14. The Balaban J connectivity index is 1.58. The molecular weight excluding hydrogens is 334 g/mol. The van der Waals surface area contributed by atoms with Crippen LogP contribution >= 0.6 is 12.2 Å². The molecule has 0 radical (unpaired) electrons. The summed E-state index contributed by atoms with van der Waals surface area (Å²) in [5, 5.41) is 7.17. The molecule has 1 heterocycles. The highest BCUT2D eigenvalue weighted by Crippen LogP contribution is 2.26. The predicted octanol–water partition coefficient (Wildman–Crippen LogP) is 3.02. The molecule has 0 aliphatic carbocycles. The molecule has 1 aliphatic rings. The molecule has 0 amide bonds. The van der Waals surface area contributed by atoms with Gasteiger partial charge in [-0.05, 0) is 42.0 Å². The van der Waals surface area contributed by atoms with E-state index in [0.717, 1.165) is 49.0 Å². The number of hydrogen-bond acceptors (Lipinski definition) is 4. The Morgan fingerprint density at radius 1 is 1.12 bits per heavy atom. The molecule has 6 heteroatoms. The largest absolute Gasteiger partial charge is 0.497 e. The monoisotopic (exact) mass is 357 g/mol. The minimum Gasteiger partial charge on any atom is -0.497 e. The van der Waals surface area contributed by atoms with Gasteiger partial charge in [0.05, 0.1) is 31.7 Å². The van der Waals surface area contributed by atoms with Gasteiger partial charge in [0, 0.05) is 19.6 Å². The molecule has 0 saturated carbocycles. The van der Waals surface area contributed by atoms with Gasteiger partial charge < -0.3 is 25.0 Å². The maximum atomic E-state index is 5.45. The number of nitrogens with one attached hydrogen (secondary N) is 2. The van der Waals surface area contributed by atoms with E-state index in [0.29, 0.717) is 11.7 Å². The second-order valence-electron chi connectivity index (χ2n) is 5.77. The lowest BCUT2D eigenvalue weighted by molar-refractivity contribution is 0.123. The minimum absolute atomic E-state index is 0.608. The van der Waals surface area contributed by atoms with Crippen LogP contribution in [-0.4, -0.2) is 38.5 Å². The fraction of sp³-hybridized carbons (Fsp3) is 0.316. The molecule has 0 spiro atoms. The Kier molecular flexibility index (Phi) is 6.09. The van der Waals surface area contributed by atoms with Gasteiger partial charge in [-0.25, -0.2) is 0 Å². The molecule has 0 atom stereocenters. The molecule has 1 saturated heterocycles. The fourth-order valence-corrected chi connectivity index (χ4v) is 2.93. The highest BCUT2D eigenvalue weighted by molar-refractivity contribution is 7.80. The first kappa shape index (κ1) is 17.5. The van der Waals surface area contributed by atoms with Gasteiger partial charge in [-0.3, -0.25) is 0 Å². The molecule has 25 heavy (non-hydrogen) atoms. The Labute approximate surface area is 153 Å². The standard InChI is InChI=1S/C19H23N3O2S/c1-23-16-8-6-15(7-9-16)14-20-19(25)21-17-4-2-3-5-18(17)22-10-12-24-13-11-22/h2-9H,10-14H2,1H3,(H2,20,21,25). The van der Waals surface area contributed by atoms with Crippen LogP contribution in [0, 0.1) is 0 Å². The van der Waals surface area contributed by atoms with E-state index >= 15 is 0 Å². The van der Waals surface area contributed by atoms with Crippen molar-refractivity contribution in [1.29, 1.82) is 0 Å². The normalized spacial score (nSPS) is 14.0. The number of benzene rings is 2. The molecule has 1 fully saturated rings. The van der Waals surface area contributed by atoms with Crippen LogP contribution in [0.4, 0.5) is 11.4 Å². The Morgan fingerprint density at radius 2 is 1.84 bits per heavy atom. The second-order valence-corrected chi connectivity index (χ2v) is 6.18. The van der Waals surface area contributed by atoms with Crippen molar-refractivity contribution in [1.82, 2.24) is 5.32 Å². The van der Waals surface area contributed by atoms with Gasteiger partial charge in [0.1, 0.15) is 5.75 Å². The molecule has 0 bridgehead atoms. The Hall–Kier alpha value is -2.31. The molecule has 132 valence electrons. The van der Waals surface area contributed by atoms with Crippen LogP contribution in [0.15, 0.2) is 48.5 Å². The van der Waals surface area contributed by atoms with Crippen molar-refractivity contribution in [2.24, 2.45) is 0 Å². The quantitative estimate of drug-likeness (QED) is 0.802. The third kappa shape index (κ3) is 4.84. The summed E-state index contributed by atoms with van der Waals surface area (Å²) in [6.45, 7) is 3.97. The summed E-state index contributed by atoms with van der Waals surface area (Å²) in [4.78, 5) is 2.32. The van der Waals surface area contributed by atoms with E-state index in [4.69, 9.17) is 21.7 Å². The van der Waals surface area contributed by atoms with E-state index in [2.05, 4.69) is 21.6 Å². The van der Waals surface area contributed by atoms with Crippen molar-refractivity contribution in [3.05, 3.63) is 54.1 Å². The summed E-state index contributed by atoms with van der Waals surface area (Å²) >= 11 is 5.45. The van der Waals surface area contributed by atoms with Crippen LogP contribution in [0.5, 0.6) is 5.75 Å². The lowest BCUT2D eigenvalue weighted by atomic mass is 10.2. The molecule has 0 aromatic heterocycles. The van der Waals surface area contributed by atoms with Gasteiger partial charge in [0.2, 0.25) is 0 Å². The van der Waals surface area contributed by atoms with Crippen molar-refractivity contribution in [2.75, 3.05) is 43.6 Å². The van der Waals surface area contributed by atoms with Gasteiger partial charge in [0.25, 0.3) is 0 Å². The highest BCUT2D eigenvalue weighted by atomic mass is 32.1. The molecule has 5 nitrogen and oxygen atoms in total. The van der Waals surface area contributed by atoms with Crippen LogP contribution < -0.4 is 20.3 Å². The summed E-state index contributed by atoms with van der Waals surface area (Å²) in [5.41, 5.74) is 3.31. The van der Waals surface area contributed by atoms with Crippen LogP contribution in [0.3, 0.4) is 0 Å². The SMILES string of the molecule is COc1ccc(CNC(=S)Nc2ccccc2N2CCOCC2)cc1. The maximum absolute atomic E-state index is 5.45. The van der Waals surface area contributed by atoms with Crippen molar-refractivity contribution < 1.29 is 9.47 Å². The summed E-state index contributed by atoms with van der Waals surface area (Å²) in [5.74, 6) is 0.851. The zero-order valence-electron chi connectivity index (χ0n) is 14.3. The van der Waals surface area contributed by atoms with E-state index in [-0.39, 0.29) is 0 Å². The zero-order valence-corrected chi connectivity index (χ0v) is 15.1. The molecule has 1 aliphatic heterocycles. The summed E-state index contributed by atoms with van der Waals surface area (Å²) < 4.78 is 10.6. The lowest BCUT2D eigenvalue weighted by Crippen LogP contribution is -2.37. The number of rotatable bonds is 5. The number of nitrogens with zero attached hydrogens (tertiary/aromatic N) is 1. The first-order valence-corrected chi connectivity index (χ1v) is 8.76. The van der Waals surface area contributed by atoms with Crippen molar-refractivity contribution in [2.45, 2.75) is 6.54 Å². The molecule has 2 aromatic carbocycles. The van der Waals surface area contributed by atoms with Gasteiger partial charge >= 0.3 is 0 Å². The molecule has 0 unspecified atom stereocenters. The van der Waals surface area contributed by atoms with Crippen molar-refractivity contribution in [3.8, 4) is 5.75 Å². The average molecular weight is 357 g/mol. The van der Waals surface area contributed by atoms with E-state index < -0.39 is 0 Å². The Bertz CT molecular complexity index is 700. The molecular formula is C19H23N3O2S. The van der Waals surface area contributed by atoms with E-state index in [1.165, 1.54) is 0 Å². The number of hydrogen-bond donors (Lipinski definition) is 2. The number of para-hydroxylation sites is 2. The smallest absolute Gasteiger partial charge is 0.171 e. The summed E-state index contributed by atoms with van der Waals surface area (Å²) in [7, 11) is 1.66. The molecule has 3 rings (SSSR count). The summed E-state index contributed by atoms with van der Waals surface area (Å²) in [6, 6.07) is 16.2. The maximum Gasteiger partial charge on any atom is 0.171 e. The summed E-state index contributed by atoms with van der Waals surface area (Å²) in [6.07, 6.45) is 0. The van der Waals surface area contributed by atoms with Crippen molar-refractivity contribution in [3.63, 3.8) is 0 Å². The Morgan fingerprint density at radius 3 is 2.56 bits per heavy atom. The number of anilines is 2. The van der Waals surface area contributed by atoms with Crippen LogP contribution in [0.25, 0.3) is 0 Å². The number of ether oxygens (including phenoxy) is 2. The van der Waals surface area contributed by atoms with E-state index in [1.807, 2.05) is 42.5 Å². The average Bonchev–Trinajstić information content (AvgIpc) is 2.68. The van der Waals surface area contributed by atoms with E-state index in [9.17, 15) is 0 Å². The van der Waals surface area contributed by atoms with Crippen LogP contribution in [0.2, 0.25) is 0 Å². The van der Waals surface area contributed by atoms with E-state index in [1.54, 1.807) is 7.11 Å². The van der Waals surface area contributed by atoms with Crippen LogP contribution in [-0.2, 0) is 11.3 Å². The second kappa shape index (κ2) is 8.69. The third-order valence-electron chi connectivity index (χ3n) is 4.12. The molecule has 2 aromatic rings. The third-order valence-corrected chi connectivity index (χ3v) is 4.36. The topological polar surface area (TPSA) is 45.8 Å². The lowest BCUT2D eigenvalue weighted by Gasteiger charge is -2.30. The fourth-order valence-electron chi connectivity index (χ4n) is 2.75. The zero-order chi connectivity index (χ0) is 17.5. The van der Waals surface area contributed by atoms with Gasteiger partial charge in [-0.15, -0.1) is 0 Å². The number of thiocarbonyl (C=S) groups is 1. The predicted molar refractivity (Wildman–Crippen MR) is 106 cm³/mol. The van der Waals surface area contributed by atoms with Crippen molar-refractivity contribution >= 4 is 28.7 Å². The van der Waals surface area contributed by atoms with Crippen LogP contribution in [0.1, 0.15) is 5.56 Å². The molecule has 2 N–H and O–H groups in total. The van der Waals surface area contributed by atoms with Gasteiger partial charge in [0.15, 0.2) is 5.11 Å². The first-order valence-electron chi connectivity index (χ1n) is 8.36. The van der Waals surface area contributed by atoms with Gasteiger partial charge in [-0.2, -0.15) is 0 Å².